The molecular weight excluding hydrogens is 317 g/mol. The highest BCUT2D eigenvalue weighted by atomic mass is 19.1. The summed E-state index contributed by atoms with van der Waals surface area (Å²) in [4.78, 5) is 16.5. The number of benzene rings is 2. The van der Waals surface area contributed by atoms with Crippen molar-refractivity contribution in [3.63, 3.8) is 0 Å². The zero-order valence-electron chi connectivity index (χ0n) is 14.0. The first kappa shape index (κ1) is 16.6. The van der Waals surface area contributed by atoms with E-state index >= 15 is 0 Å². The first-order chi connectivity index (χ1) is 12.0. The highest BCUT2D eigenvalue weighted by Gasteiger charge is 2.10. The van der Waals surface area contributed by atoms with Gasteiger partial charge in [-0.2, -0.15) is 0 Å². The fourth-order valence-corrected chi connectivity index (χ4v) is 2.46. The van der Waals surface area contributed by atoms with E-state index in [0.29, 0.717) is 17.1 Å². The maximum absolute atomic E-state index is 13.6. The molecule has 3 aromatic rings. The van der Waals surface area contributed by atoms with Crippen molar-refractivity contribution in [1.82, 2.24) is 4.98 Å². The van der Waals surface area contributed by atoms with Crippen molar-refractivity contribution in [3.8, 4) is 0 Å². The Hall–Kier alpha value is -3.21. The summed E-state index contributed by atoms with van der Waals surface area (Å²) in [6, 6.07) is 15.5. The first-order valence-corrected chi connectivity index (χ1v) is 7.89. The number of anilines is 3. The number of nitrogens with one attached hydrogen (secondary N) is 2. The van der Waals surface area contributed by atoms with Crippen LogP contribution in [0.5, 0.6) is 0 Å². The smallest absolute Gasteiger partial charge is 0.274 e. The third-order valence-electron chi connectivity index (χ3n) is 3.78. The summed E-state index contributed by atoms with van der Waals surface area (Å²) < 4.78 is 13.6. The van der Waals surface area contributed by atoms with Crippen LogP contribution in [0.2, 0.25) is 0 Å². The van der Waals surface area contributed by atoms with Crippen LogP contribution in [0.4, 0.5) is 21.5 Å². The third-order valence-corrected chi connectivity index (χ3v) is 3.78. The predicted molar refractivity (Wildman–Crippen MR) is 97.8 cm³/mol. The van der Waals surface area contributed by atoms with Crippen LogP contribution in [0.1, 0.15) is 21.6 Å². The van der Waals surface area contributed by atoms with Crippen molar-refractivity contribution in [2.45, 2.75) is 13.8 Å². The Morgan fingerprint density at radius 2 is 1.80 bits per heavy atom. The SMILES string of the molecule is Cc1ccc(NC(=O)c2ccc(Nc3ccccc3F)cn2)c(C)c1. The number of para-hydroxylation sites is 1. The number of halogens is 1. The number of aryl methyl sites for hydroxylation is 2. The minimum atomic E-state index is -0.348. The number of carbonyl (C=O) groups is 1. The highest BCUT2D eigenvalue weighted by Crippen LogP contribution is 2.20. The normalized spacial score (nSPS) is 10.4. The molecule has 0 atom stereocenters. The van der Waals surface area contributed by atoms with Crippen molar-refractivity contribution in [2.24, 2.45) is 0 Å². The van der Waals surface area contributed by atoms with Gasteiger partial charge in [0.15, 0.2) is 0 Å². The van der Waals surface area contributed by atoms with Gasteiger partial charge in [0.1, 0.15) is 11.5 Å². The Labute approximate surface area is 145 Å². The molecule has 0 bridgehead atoms. The zero-order valence-corrected chi connectivity index (χ0v) is 14.0. The molecule has 0 radical (unpaired) electrons. The van der Waals surface area contributed by atoms with Gasteiger partial charge in [0.05, 0.1) is 17.6 Å². The monoisotopic (exact) mass is 335 g/mol. The highest BCUT2D eigenvalue weighted by molar-refractivity contribution is 6.03. The van der Waals surface area contributed by atoms with Gasteiger partial charge in [-0.25, -0.2) is 9.37 Å². The molecule has 25 heavy (non-hydrogen) atoms. The molecule has 2 N–H and O–H groups in total. The van der Waals surface area contributed by atoms with E-state index in [-0.39, 0.29) is 11.7 Å². The third kappa shape index (κ3) is 4.01. The Kier molecular flexibility index (Phi) is 4.75. The van der Waals surface area contributed by atoms with Gasteiger partial charge in [-0.1, -0.05) is 29.8 Å². The molecule has 0 aliphatic carbocycles. The van der Waals surface area contributed by atoms with Crippen LogP contribution in [-0.2, 0) is 0 Å². The summed E-state index contributed by atoms with van der Waals surface area (Å²) in [5.74, 6) is -0.636. The van der Waals surface area contributed by atoms with Crippen LogP contribution in [0, 0.1) is 19.7 Å². The van der Waals surface area contributed by atoms with Gasteiger partial charge < -0.3 is 10.6 Å². The summed E-state index contributed by atoms with van der Waals surface area (Å²) in [5, 5.41) is 5.78. The zero-order chi connectivity index (χ0) is 17.8. The number of amides is 1. The molecule has 0 saturated heterocycles. The summed E-state index contributed by atoms with van der Waals surface area (Å²) in [5.41, 5.74) is 4.14. The maximum atomic E-state index is 13.6. The number of nitrogens with zero attached hydrogens (tertiary/aromatic N) is 1. The molecule has 0 fully saturated rings. The molecule has 0 saturated carbocycles. The van der Waals surface area contributed by atoms with Gasteiger partial charge >= 0.3 is 0 Å². The molecule has 1 aromatic heterocycles. The fraction of sp³-hybridized carbons (Fsp3) is 0.100. The van der Waals surface area contributed by atoms with E-state index in [1.54, 1.807) is 30.3 Å². The Morgan fingerprint density at radius 1 is 1.00 bits per heavy atom. The Balaban J connectivity index is 1.71. The topological polar surface area (TPSA) is 54.0 Å². The number of rotatable bonds is 4. The molecule has 1 amide bonds. The lowest BCUT2D eigenvalue weighted by atomic mass is 10.1. The average Bonchev–Trinajstić information content (AvgIpc) is 2.60. The standard InChI is InChI=1S/C20H18FN3O/c1-13-7-9-17(14(2)11-13)24-20(25)19-10-8-15(12-22-19)23-18-6-4-3-5-16(18)21/h3-12,23H,1-2H3,(H,24,25). The van der Waals surface area contributed by atoms with E-state index < -0.39 is 0 Å². The van der Waals surface area contributed by atoms with E-state index in [1.807, 2.05) is 32.0 Å². The van der Waals surface area contributed by atoms with Crippen LogP contribution >= 0.6 is 0 Å². The van der Waals surface area contributed by atoms with Crippen LogP contribution in [-0.4, -0.2) is 10.9 Å². The predicted octanol–water partition coefficient (Wildman–Crippen LogP) is 4.83. The molecule has 0 aliphatic heterocycles. The molecular formula is C20H18FN3O. The summed E-state index contributed by atoms with van der Waals surface area (Å²) in [6.07, 6.45) is 1.50. The summed E-state index contributed by atoms with van der Waals surface area (Å²) in [7, 11) is 0. The van der Waals surface area contributed by atoms with Crippen LogP contribution < -0.4 is 10.6 Å². The second-order valence-corrected chi connectivity index (χ2v) is 5.81. The van der Waals surface area contributed by atoms with Crippen molar-refractivity contribution < 1.29 is 9.18 Å². The van der Waals surface area contributed by atoms with E-state index in [4.69, 9.17) is 0 Å². The van der Waals surface area contributed by atoms with Gasteiger partial charge in [-0.3, -0.25) is 4.79 Å². The largest absolute Gasteiger partial charge is 0.352 e. The summed E-state index contributed by atoms with van der Waals surface area (Å²) >= 11 is 0. The second-order valence-electron chi connectivity index (χ2n) is 5.81. The molecule has 5 heteroatoms. The van der Waals surface area contributed by atoms with Crippen molar-refractivity contribution in [1.29, 1.82) is 0 Å². The lowest BCUT2D eigenvalue weighted by molar-refractivity contribution is 0.102. The van der Waals surface area contributed by atoms with Gasteiger partial charge in [0, 0.05) is 5.69 Å². The number of carbonyl (C=O) groups excluding carboxylic acids is 1. The molecule has 0 spiro atoms. The van der Waals surface area contributed by atoms with E-state index in [0.717, 1.165) is 16.8 Å². The van der Waals surface area contributed by atoms with Crippen LogP contribution in [0.15, 0.2) is 60.8 Å². The number of hydrogen-bond donors (Lipinski definition) is 2. The quantitative estimate of drug-likeness (QED) is 0.718. The number of hydrogen-bond acceptors (Lipinski definition) is 3. The van der Waals surface area contributed by atoms with Crippen LogP contribution in [0.3, 0.4) is 0 Å². The molecule has 126 valence electrons. The molecule has 2 aromatic carbocycles. The van der Waals surface area contributed by atoms with Gasteiger partial charge in [0.25, 0.3) is 5.91 Å². The van der Waals surface area contributed by atoms with E-state index in [9.17, 15) is 9.18 Å². The lowest BCUT2D eigenvalue weighted by Crippen LogP contribution is -2.14. The molecule has 1 heterocycles. The minimum absolute atomic E-state index is 0.288. The maximum Gasteiger partial charge on any atom is 0.274 e. The first-order valence-electron chi connectivity index (χ1n) is 7.89. The minimum Gasteiger partial charge on any atom is -0.352 e. The molecule has 0 unspecified atom stereocenters. The van der Waals surface area contributed by atoms with Gasteiger partial charge in [-0.05, 0) is 49.7 Å². The van der Waals surface area contributed by atoms with Crippen molar-refractivity contribution in [2.75, 3.05) is 10.6 Å². The Bertz CT molecular complexity index is 907. The summed E-state index contributed by atoms with van der Waals surface area (Å²) in [6.45, 7) is 3.94. The van der Waals surface area contributed by atoms with Gasteiger partial charge in [-0.15, -0.1) is 0 Å². The number of aromatic nitrogens is 1. The van der Waals surface area contributed by atoms with E-state index in [1.165, 1.54) is 12.3 Å². The fourth-order valence-electron chi connectivity index (χ4n) is 2.46. The lowest BCUT2D eigenvalue weighted by Gasteiger charge is -2.10. The molecule has 4 nitrogen and oxygen atoms in total. The van der Waals surface area contributed by atoms with Crippen LogP contribution in [0.25, 0.3) is 0 Å². The van der Waals surface area contributed by atoms with Crippen molar-refractivity contribution in [3.05, 3.63) is 83.4 Å². The molecule has 3 rings (SSSR count). The molecule has 0 aliphatic rings. The number of pyridine rings is 1. The average molecular weight is 335 g/mol. The Morgan fingerprint density at radius 3 is 2.48 bits per heavy atom. The van der Waals surface area contributed by atoms with Crippen molar-refractivity contribution >= 4 is 23.0 Å². The second kappa shape index (κ2) is 7.13. The van der Waals surface area contributed by atoms with Gasteiger partial charge in [0.2, 0.25) is 0 Å². The van der Waals surface area contributed by atoms with E-state index in [2.05, 4.69) is 15.6 Å².